The standard InChI is InChI=1S/C25H28F4O3S/c1-14(2)17-11-19(15(3)4)23(32-13-25(28,29)24(26)27)20(12-17)18-8-9-33-21(18)7-6-16(5)10-22(30)31/h6-12,14-15,24H,13H2,1-5H3,(H,30,31)/b7-6+,16-10+. The Morgan fingerprint density at radius 2 is 1.82 bits per heavy atom. The third kappa shape index (κ3) is 6.93. The van der Waals surface area contributed by atoms with Crippen molar-refractivity contribution >= 4 is 23.4 Å². The van der Waals surface area contributed by atoms with Crippen LogP contribution in [0.4, 0.5) is 17.6 Å². The van der Waals surface area contributed by atoms with Crippen LogP contribution in [0.25, 0.3) is 17.2 Å². The van der Waals surface area contributed by atoms with Gasteiger partial charge in [-0.2, -0.15) is 8.78 Å². The molecule has 2 rings (SSSR count). The highest BCUT2D eigenvalue weighted by Gasteiger charge is 2.42. The maximum absolute atomic E-state index is 13.7. The number of carboxylic acids is 1. The van der Waals surface area contributed by atoms with Gasteiger partial charge in [0.25, 0.3) is 0 Å². The zero-order valence-electron chi connectivity index (χ0n) is 19.2. The Morgan fingerprint density at radius 1 is 1.15 bits per heavy atom. The van der Waals surface area contributed by atoms with E-state index in [1.807, 2.05) is 51.3 Å². The quantitative estimate of drug-likeness (QED) is 0.211. The van der Waals surface area contributed by atoms with Gasteiger partial charge >= 0.3 is 18.3 Å². The van der Waals surface area contributed by atoms with Gasteiger partial charge in [-0.1, -0.05) is 39.8 Å². The van der Waals surface area contributed by atoms with Gasteiger partial charge in [0.2, 0.25) is 0 Å². The van der Waals surface area contributed by atoms with Gasteiger partial charge in [0.15, 0.2) is 6.61 Å². The van der Waals surface area contributed by atoms with Gasteiger partial charge in [0, 0.05) is 22.1 Å². The van der Waals surface area contributed by atoms with E-state index in [-0.39, 0.29) is 17.6 Å². The molecule has 33 heavy (non-hydrogen) atoms. The van der Waals surface area contributed by atoms with Crippen molar-refractivity contribution in [2.45, 2.75) is 58.8 Å². The lowest BCUT2D eigenvalue weighted by atomic mass is 9.89. The van der Waals surface area contributed by atoms with Crippen LogP contribution in [0.1, 0.15) is 62.5 Å². The van der Waals surface area contributed by atoms with Gasteiger partial charge in [0.1, 0.15) is 5.75 Å². The average Bonchev–Trinajstić information content (AvgIpc) is 3.17. The molecule has 0 fully saturated rings. The van der Waals surface area contributed by atoms with E-state index in [0.717, 1.165) is 16.5 Å². The van der Waals surface area contributed by atoms with Gasteiger partial charge in [-0.05, 0) is 59.0 Å². The van der Waals surface area contributed by atoms with Crippen molar-refractivity contribution in [3.05, 3.63) is 57.3 Å². The minimum Gasteiger partial charge on any atom is -0.486 e. The van der Waals surface area contributed by atoms with E-state index in [4.69, 9.17) is 9.84 Å². The van der Waals surface area contributed by atoms with Crippen LogP contribution in [0.2, 0.25) is 0 Å². The first kappa shape index (κ1) is 26.6. The Hall–Kier alpha value is -2.61. The summed E-state index contributed by atoms with van der Waals surface area (Å²) in [6.45, 7) is 7.99. The number of alkyl halides is 4. The predicted octanol–water partition coefficient (Wildman–Crippen LogP) is 7.99. The molecule has 2 aromatic rings. The van der Waals surface area contributed by atoms with Crippen molar-refractivity contribution in [1.82, 2.24) is 0 Å². The Morgan fingerprint density at radius 3 is 2.36 bits per heavy atom. The molecule has 8 heteroatoms. The third-order valence-corrected chi connectivity index (χ3v) is 5.87. The summed E-state index contributed by atoms with van der Waals surface area (Å²) in [5.74, 6) is -5.16. The summed E-state index contributed by atoms with van der Waals surface area (Å²) in [6.07, 6.45) is 0.622. The zero-order valence-corrected chi connectivity index (χ0v) is 20.0. The van der Waals surface area contributed by atoms with Crippen molar-refractivity contribution in [3.8, 4) is 16.9 Å². The minimum atomic E-state index is -4.28. The highest BCUT2D eigenvalue weighted by molar-refractivity contribution is 7.11. The van der Waals surface area contributed by atoms with Crippen LogP contribution >= 0.6 is 11.3 Å². The fourth-order valence-electron chi connectivity index (χ4n) is 3.15. The third-order valence-electron chi connectivity index (χ3n) is 4.99. The molecule has 1 aromatic carbocycles. The molecule has 0 unspecified atom stereocenters. The second kappa shape index (κ2) is 11.0. The first-order valence-corrected chi connectivity index (χ1v) is 11.3. The van der Waals surface area contributed by atoms with Crippen molar-refractivity contribution < 1.29 is 32.2 Å². The molecule has 0 amide bonds. The van der Waals surface area contributed by atoms with Crippen molar-refractivity contribution in [2.24, 2.45) is 0 Å². The van der Waals surface area contributed by atoms with E-state index in [9.17, 15) is 22.4 Å². The molecule has 0 spiro atoms. The first-order valence-electron chi connectivity index (χ1n) is 10.5. The highest BCUT2D eigenvalue weighted by Crippen LogP contribution is 2.43. The summed E-state index contributed by atoms with van der Waals surface area (Å²) < 4.78 is 58.3. The maximum Gasteiger partial charge on any atom is 0.340 e. The summed E-state index contributed by atoms with van der Waals surface area (Å²) >= 11 is 1.39. The number of carbonyl (C=O) groups is 1. The van der Waals surface area contributed by atoms with Crippen molar-refractivity contribution in [1.29, 1.82) is 0 Å². The molecule has 180 valence electrons. The number of carboxylic acid groups (broad SMARTS) is 1. The summed E-state index contributed by atoms with van der Waals surface area (Å²) in [7, 11) is 0. The Balaban J connectivity index is 2.65. The number of rotatable bonds is 10. The molecule has 0 saturated heterocycles. The van der Waals surface area contributed by atoms with Crippen LogP contribution in [-0.4, -0.2) is 30.0 Å². The molecule has 1 N–H and O–H groups in total. The van der Waals surface area contributed by atoms with Crippen LogP contribution in [0, 0.1) is 0 Å². The van der Waals surface area contributed by atoms with Crippen LogP contribution < -0.4 is 4.74 Å². The number of aliphatic carboxylic acids is 1. The number of thiophene rings is 1. The van der Waals surface area contributed by atoms with E-state index in [2.05, 4.69) is 0 Å². The topological polar surface area (TPSA) is 46.5 Å². The second-order valence-electron chi connectivity index (χ2n) is 8.41. The van der Waals surface area contributed by atoms with E-state index in [0.29, 0.717) is 22.3 Å². The van der Waals surface area contributed by atoms with Gasteiger partial charge in [-0.25, -0.2) is 13.6 Å². The zero-order chi connectivity index (χ0) is 24.9. The fraction of sp³-hybridized carbons (Fsp3) is 0.400. The van der Waals surface area contributed by atoms with E-state index < -0.39 is 24.9 Å². The molecule has 0 bridgehead atoms. The number of halogens is 4. The lowest BCUT2D eigenvalue weighted by Crippen LogP contribution is -2.34. The molecular weight excluding hydrogens is 456 g/mol. The van der Waals surface area contributed by atoms with Gasteiger partial charge in [-0.3, -0.25) is 0 Å². The summed E-state index contributed by atoms with van der Waals surface area (Å²) in [6, 6.07) is 5.52. The Bertz CT molecular complexity index is 1040. The van der Waals surface area contributed by atoms with Crippen LogP contribution in [0.3, 0.4) is 0 Å². The molecule has 0 aliphatic rings. The first-order chi connectivity index (χ1) is 15.3. The number of allylic oxidation sites excluding steroid dienone is 2. The second-order valence-corrected chi connectivity index (χ2v) is 9.35. The maximum atomic E-state index is 13.7. The highest BCUT2D eigenvalue weighted by atomic mass is 32.1. The van der Waals surface area contributed by atoms with E-state index in [1.165, 1.54) is 11.3 Å². The lowest BCUT2D eigenvalue weighted by Gasteiger charge is -2.23. The molecule has 0 aliphatic heterocycles. The van der Waals surface area contributed by atoms with Crippen molar-refractivity contribution in [3.63, 3.8) is 0 Å². The average molecular weight is 485 g/mol. The molecular formula is C25H28F4O3S. The number of ether oxygens (including phenoxy) is 1. The smallest absolute Gasteiger partial charge is 0.340 e. The molecule has 0 aliphatic carbocycles. The van der Waals surface area contributed by atoms with Crippen LogP contribution in [-0.2, 0) is 4.79 Å². The summed E-state index contributed by atoms with van der Waals surface area (Å²) in [5.41, 5.74) is 3.37. The normalized spacial score (nSPS) is 13.0. The van der Waals surface area contributed by atoms with Crippen LogP contribution in [0.5, 0.6) is 5.75 Å². The fourth-order valence-corrected chi connectivity index (χ4v) is 3.95. The minimum absolute atomic E-state index is 0.101. The molecule has 0 radical (unpaired) electrons. The van der Waals surface area contributed by atoms with Gasteiger partial charge < -0.3 is 9.84 Å². The molecule has 1 aromatic heterocycles. The molecule has 0 saturated carbocycles. The van der Waals surface area contributed by atoms with Gasteiger partial charge in [-0.15, -0.1) is 11.3 Å². The Kier molecular flexibility index (Phi) is 8.89. The van der Waals surface area contributed by atoms with Crippen molar-refractivity contribution in [2.75, 3.05) is 6.61 Å². The largest absolute Gasteiger partial charge is 0.486 e. The molecule has 0 atom stereocenters. The SMILES string of the molecule is CC(/C=C/c1sccc1-c1cc(C(C)C)cc(C(C)C)c1OCC(F)(F)C(F)F)=C\C(=O)O. The van der Waals surface area contributed by atoms with E-state index >= 15 is 0 Å². The van der Waals surface area contributed by atoms with Gasteiger partial charge in [0.05, 0.1) is 0 Å². The number of benzene rings is 1. The summed E-state index contributed by atoms with van der Waals surface area (Å²) in [4.78, 5) is 11.6. The Labute approximate surface area is 195 Å². The summed E-state index contributed by atoms with van der Waals surface area (Å²) in [5, 5.41) is 10.7. The number of hydrogen-bond acceptors (Lipinski definition) is 3. The predicted molar refractivity (Wildman–Crippen MR) is 125 cm³/mol. The lowest BCUT2D eigenvalue weighted by molar-refractivity contribution is -0.148. The van der Waals surface area contributed by atoms with E-state index in [1.54, 1.807) is 19.1 Å². The molecule has 1 heterocycles. The van der Waals surface area contributed by atoms with Crippen LogP contribution in [0.15, 0.2) is 41.3 Å². The monoisotopic (exact) mass is 484 g/mol. The number of hydrogen-bond donors (Lipinski definition) is 1. The molecule has 3 nitrogen and oxygen atoms in total.